The van der Waals surface area contributed by atoms with Gasteiger partial charge < -0.3 is 14.6 Å². The standard InChI is InChI=1S/C34H32FN5O5S2/c1-4-6-17-45-24-15-12-22(18-25(24)44-5-2)29-27(30(41)28-20(3)36-26-9-7-8-16-39(26)28)31(42)32(43)40(29)33-37-38-34(47-33)46-19-21-10-13-23(35)14-11-21/h7-16,18,29,41H,4-6,17,19H2,1-3H3. The Kier molecular flexibility index (Phi) is 9.55. The summed E-state index contributed by atoms with van der Waals surface area (Å²) in [5.41, 5.74) is 2.67. The van der Waals surface area contributed by atoms with Crippen molar-refractivity contribution in [3.63, 3.8) is 0 Å². The average Bonchev–Trinajstić information content (AvgIpc) is 3.74. The largest absolute Gasteiger partial charge is 0.505 e. The minimum absolute atomic E-state index is 0.110. The Bertz CT molecular complexity index is 1970. The van der Waals surface area contributed by atoms with Gasteiger partial charge in [0.2, 0.25) is 5.13 Å². The molecule has 0 bridgehead atoms. The number of hydrogen-bond donors (Lipinski definition) is 1. The van der Waals surface area contributed by atoms with E-state index in [0.29, 0.717) is 57.4 Å². The van der Waals surface area contributed by atoms with Crippen molar-refractivity contribution in [2.45, 2.75) is 49.7 Å². The van der Waals surface area contributed by atoms with Crippen LogP contribution in [0.2, 0.25) is 0 Å². The quantitative estimate of drug-likeness (QED) is 0.0368. The maximum absolute atomic E-state index is 13.9. The van der Waals surface area contributed by atoms with Crippen molar-refractivity contribution in [1.82, 2.24) is 19.6 Å². The van der Waals surface area contributed by atoms with Crippen LogP contribution in [0.1, 0.15) is 55.2 Å². The summed E-state index contributed by atoms with van der Waals surface area (Å²) in [6.45, 7) is 6.53. The highest BCUT2D eigenvalue weighted by molar-refractivity contribution is 8.00. The molecular weight excluding hydrogens is 642 g/mol. The number of amides is 1. The molecule has 13 heteroatoms. The van der Waals surface area contributed by atoms with Gasteiger partial charge in [0.05, 0.1) is 30.5 Å². The van der Waals surface area contributed by atoms with E-state index in [1.807, 2.05) is 13.0 Å². The third kappa shape index (κ3) is 6.45. The molecule has 0 aliphatic carbocycles. The summed E-state index contributed by atoms with van der Waals surface area (Å²) in [5, 5.41) is 20.6. The first-order chi connectivity index (χ1) is 22.8. The van der Waals surface area contributed by atoms with Gasteiger partial charge in [0.15, 0.2) is 21.6 Å². The lowest BCUT2D eigenvalue weighted by molar-refractivity contribution is -0.132. The molecule has 1 atom stereocenters. The molecule has 5 aromatic rings. The lowest BCUT2D eigenvalue weighted by atomic mass is 9.96. The molecule has 0 saturated carbocycles. The molecule has 1 aliphatic rings. The van der Waals surface area contributed by atoms with Crippen LogP contribution in [-0.2, 0) is 15.3 Å². The molecule has 3 aromatic heterocycles. The van der Waals surface area contributed by atoms with Crippen LogP contribution in [0.5, 0.6) is 11.5 Å². The van der Waals surface area contributed by atoms with E-state index in [1.165, 1.54) is 28.8 Å². The molecule has 1 amide bonds. The molecule has 1 aliphatic heterocycles. The summed E-state index contributed by atoms with van der Waals surface area (Å²) in [4.78, 5) is 33.5. The molecule has 2 aromatic carbocycles. The first-order valence-electron chi connectivity index (χ1n) is 15.2. The number of aromatic nitrogens is 4. The molecule has 0 radical (unpaired) electrons. The summed E-state index contributed by atoms with van der Waals surface area (Å²) >= 11 is 2.52. The average molecular weight is 674 g/mol. The minimum atomic E-state index is -1.06. The van der Waals surface area contributed by atoms with Gasteiger partial charge in [-0.15, -0.1) is 10.2 Å². The fraction of sp³-hybridized carbons (Fsp3) is 0.265. The summed E-state index contributed by atoms with van der Waals surface area (Å²) in [5.74, 6) is -0.907. The first-order valence-corrected chi connectivity index (χ1v) is 17.0. The Hall–Kier alpha value is -4.75. The summed E-state index contributed by atoms with van der Waals surface area (Å²) in [7, 11) is 0. The number of rotatable bonds is 12. The highest BCUT2D eigenvalue weighted by atomic mass is 32.2. The number of thioether (sulfide) groups is 1. The monoisotopic (exact) mass is 673 g/mol. The molecule has 4 heterocycles. The number of carbonyl (C=O) groups excluding carboxylic acids is 2. The maximum Gasteiger partial charge on any atom is 0.301 e. The lowest BCUT2D eigenvalue weighted by Gasteiger charge is -2.23. The number of ketones is 1. The number of ether oxygens (including phenoxy) is 2. The van der Waals surface area contributed by atoms with Crippen molar-refractivity contribution >= 4 is 51.3 Å². The summed E-state index contributed by atoms with van der Waals surface area (Å²) in [6, 6.07) is 15.7. The van der Waals surface area contributed by atoms with Crippen molar-refractivity contribution in [2.75, 3.05) is 18.1 Å². The number of halogens is 1. The maximum atomic E-state index is 13.9. The third-order valence-corrected chi connectivity index (χ3v) is 9.72. The van der Waals surface area contributed by atoms with E-state index in [0.717, 1.165) is 29.7 Å². The number of hydrogen-bond acceptors (Lipinski definition) is 10. The molecule has 6 rings (SSSR count). The summed E-state index contributed by atoms with van der Waals surface area (Å²) in [6.07, 6.45) is 3.57. The number of nitrogens with zero attached hydrogens (tertiary/aromatic N) is 5. The van der Waals surface area contributed by atoms with E-state index in [1.54, 1.807) is 60.0 Å². The molecule has 47 heavy (non-hydrogen) atoms. The van der Waals surface area contributed by atoms with Crippen molar-refractivity contribution < 1.29 is 28.6 Å². The van der Waals surface area contributed by atoms with Crippen molar-refractivity contribution in [3.05, 3.63) is 101 Å². The van der Waals surface area contributed by atoms with Gasteiger partial charge in [-0.05, 0) is 67.8 Å². The normalized spacial score (nSPS) is 15.9. The van der Waals surface area contributed by atoms with Crippen LogP contribution in [-0.4, -0.2) is 49.6 Å². The van der Waals surface area contributed by atoms with Gasteiger partial charge in [0.1, 0.15) is 17.2 Å². The lowest BCUT2D eigenvalue weighted by Crippen LogP contribution is -2.29. The van der Waals surface area contributed by atoms with E-state index in [9.17, 15) is 19.1 Å². The molecule has 1 N–H and O–H groups in total. The van der Waals surface area contributed by atoms with Gasteiger partial charge >= 0.3 is 5.91 Å². The van der Waals surface area contributed by atoms with Crippen LogP contribution in [0.3, 0.4) is 0 Å². The number of benzene rings is 2. The second-order valence-electron chi connectivity index (χ2n) is 10.8. The Labute approximate surface area is 278 Å². The van der Waals surface area contributed by atoms with Crippen LogP contribution in [0.15, 0.2) is 76.8 Å². The van der Waals surface area contributed by atoms with E-state index < -0.39 is 17.7 Å². The predicted octanol–water partition coefficient (Wildman–Crippen LogP) is 7.13. The van der Waals surface area contributed by atoms with Gasteiger partial charge in [-0.1, -0.05) is 60.7 Å². The number of aliphatic hydroxyl groups is 1. The highest BCUT2D eigenvalue weighted by Crippen LogP contribution is 2.46. The number of fused-ring (bicyclic) bond motifs is 1. The molecule has 10 nitrogen and oxygen atoms in total. The van der Waals surface area contributed by atoms with Gasteiger partial charge in [-0.3, -0.25) is 18.9 Å². The number of imidazole rings is 1. The first kappa shape index (κ1) is 32.2. The second kappa shape index (κ2) is 13.9. The molecule has 1 unspecified atom stereocenters. The minimum Gasteiger partial charge on any atom is -0.505 e. The van der Waals surface area contributed by atoms with Crippen LogP contribution >= 0.6 is 23.1 Å². The van der Waals surface area contributed by atoms with Crippen LogP contribution in [0.4, 0.5) is 9.52 Å². The van der Waals surface area contributed by atoms with Gasteiger partial charge in [0, 0.05) is 11.9 Å². The van der Waals surface area contributed by atoms with Gasteiger partial charge in [0.25, 0.3) is 5.78 Å². The van der Waals surface area contributed by atoms with Crippen molar-refractivity contribution in [3.8, 4) is 11.5 Å². The molecule has 0 spiro atoms. The van der Waals surface area contributed by atoms with Crippen LogP contribution in [0, 0.1) is 12.7 Å². The second-order valence-corrected chi connectivity index (χ2v) is 12.9. The summed E-state index contributed by atoms with van der Waals surface area (Å²) < 4.78 is 27.5. The molecule has 242 valence electrons. The number of Topliss-reactive ketones (excluding diaryl/α,β-unsaturated/α-hetero) is 1. The SMILES string of the molecule is CCCCOc1ccc(C2C(=C(O)c3c(C)nc4ccccn34)C(=O)C(=O)N2c2nnc(SCc3ccc(F)cc3)s2)cc1OCC. The zero-order valence-electron chi connectivity index (χ0n) is 26.0. The highest BCUT2D eigenvalue weighted by Gasteiger charge is 2.49. The van der Waals surface area contributed by atoms with Crippen LogP contribution in [0.25, 0.3) is 11.4 Å². The van der Waals surface area contributed by atoms with Crippen LogP contribution < -0.4 is 14.4 Å². The zero-order valence-corrected chi connectivity index (χ0v) is 27.6. The Balaban J connectivity index is 1.45. The van der Waals surface area contributed by atoms with E-state index in [2.05, 4.69) is 22.1 Å². The zero-order chi connectivity index (χ0) is 33.1. The third-order valence-electron chi connectivity index (χ3n) is 7.59. The molecule has 1 fully saturated rings. The Morgan fingerprint density at radius 3 is 2.62 bits per heavy atom. The van der Waals surface area contributed by atoms with Gasteiger partial charge in [-0.25, -0.2) is 9.37 Å². The number of unbranched alkanes of at least 4 members (excludes halogenated alkanes) is 1. The molecule has 1 saturated heterocycles. The predicted molar refractivity (Wildman–Crippen MR) is 179 cm³/mol. The number of anilines is 1. The Morgan fingerprint density at radius 2 is 1.85 bits per heavy atom. The topological polar surface area (TPSA) is 119 Å². The number of aryl methyl sites for hydroxylation is 1. The fourth-order valence-electron chi connectivity index (χ4n) is 5.36. The number of aliphatic hydroxyl groups excluding tert-OH is 1. The Morgan fingerprint density at radius 1 is 1.04 bits per heavy atom. The smallest absolute Gasteiger partial charge is 0.301 e. The van der Waals surface area contributed by atoms with Crippen molar-refractivity contribution in [1.29, 1.82) is 0 Å². The molecular formula is C34H32FN5O5S2. The van der Waals surface area contributed by atoms with Gasteiger partial charge in [-0.2, -0.15) is 0 Å². The fourth-order valence-corrected chi connectivity index (χ4v) is 7.19. The van der Waals surface area contributed by atoms with E-state index in [4.69, 9.17) is 9.47 Å². The number of pyridine rings is 1. The number of carbonyl (C=O) groups is 2. The van der Waals surface area contributed by atoms with Crippen molar-refractivity contribution in [2.24, 2.45) is 0 Å². The van der Waals surface area contributed by atoms with E-state index >= 15 is 0 Å². The van der Waals surface area contributed by atoms with E-state index in [-0.39, 0.29) is 22.3 Å².